The molecule has 1 N–H and O–H groups in total. The van der Waals surface area contributed by atoms with Crippen molar-refractivity contribution in [3.8, 4) is 0 Å². The third-order valence-corrected chi connectivity index (χ3v) is 5.24. The Balaban J connectivity index is 1.37. The second-order valence-corrected chi connectivity index (χ2v) is 7.14. The SMILES string of the molecule is O=C(COC(=O)CCN1C(=O)[C@@H]2CCCC[C@H]2C1=O)NCc1ccc(F)cc1. The zero-order valence-corrected chi connectivity index (χ0v) is 15.5. The predicted octanol–water partition coefficient (Wildman–Crippen LogP) is 1.55. The van der Waals surface area contributed by atoms with Gasteiger partial charge in [0.05, 0.1) is 18.3 Å². The van der Waals surface area contributed by atoms with Crippen molar-refractivity contribution in [1.82, 2.24) is 10.2 Å². The van der Waals surface area contributed by atoms with E-state index >= 15 is 0 Å². The Morgan fingerprint density at radius 3 is 2.29 bits per heavy atom. The molecule has 1 aromatic rings. The monoisotopic (exact) mass is 390 g/mol. The van der Waals surface area contributed by atoms with Crippen LogP contribution in [0.2, 0.25) is 0 Å². The number of rotatable bonds is 7. The molecule has 1 saturated carbocycles. The fourth-order valence-electron chi connectivity index (χ4n) is 3.73. The number of hydrogen-bond acceptors (Lipinski definition) is 5. The molecule has 0 aromatic heterocycles. The smallest absolute Gasteiger partial charge is 0.308 e. The second kappa shape index (κ2) is 8.95. The molecule has 1 saturated heterocycles. The summed E-state index contributed by atoms with van der Waals surface area (Å²) in [6.07, 6.45) is 3.21. The number of fused-ring (bicyclic) bond motifs is 1. The summed E-state index contributed by atoms with van der Waals surface area (Å²) in [5.74, 6) is -2.37. The molecule has 3 rings (SSSR count). The first-order valence-corrected chi connectivity index (χ1v) is 9.47. The summed E-state index contributed by atoms with van der Waals surface area (Å²) in [6.45, 7) is -0.274. The number of carbonyl (C=O) groups excluding carboxylic acids is 4. The summed E-state index contributed by atoms with van der Waals surface area (Å²) in [6, 6.07) is 5.67. The molecule has 1 aliphatic carbocycles. The average molecular weight is 390 g/mol. The third-order valence-electron chi connectivity index (χ3n) is 5.24. The van der Waals surface area contributed by atoms with Crippen molar-refractivity contribution in [3.63, 3.8) is 0 Å². The van der Waals surface area contributed by atoms with Crippen molar-refractivity contribution in [3.05, 3.63) is 35.6 Å². The highest BCUT2D eigenvalue weighted by Gasteiger charge is 2.47. The minimum absolute atomic E-state index is 0.0132. The van der Waals surface area contributed by atoms with Gasteiger partial charge in [-0.2, -0.15) is 0 Å². The van der Waals surface area contributed by atoms with Crippen LogP contribution in [0.3, 0.4) is 0 Å². The van der Waals surface area contributed by atoms with Gasteiger partial charge in [-0.1, -0.05) is 25.0 Å². The van der Waals surface area contributed by atoms with Gasteiger partial charge in [0.2, 0.25) is 11.8 Å². The summed E-state index contributed by atoms with van der Waals surface area (Å²) >= 11 is 0. The van der Waals surface area contributed by atoms with Crippen molar-refractivity contribution >= 4 is 23.7 Å². The summed E-state index contributed by atoms with van der Waals surface area (Å²) in [4.78, 5) is 49.4. The number of likely N-dealkylation sites (tertiary alicyclic amines) is 1. The van der Waals surface area contributed by atoms with E-state index in [1.165, 1.54) is 12.1 Å². The predicted molar refractivity (Wildman–Crippen MR) is 96.0 cm³/mol. The fraction of sp³-hybridized carbons (Fsp3) is 0.500. The standard InChI is InChI=1S/C20H23FN2O5/c21-14-7-5-13(6-8-14)11-22-17(24)12-28-18(25)9-10-23-19(26)15-3-1-2-4-16(15)20(23)27/h5-8,15-16H,1-4,9-12H2,(H,22,24)/t15-,16-/m1/s1. The molecule has 1 heterocycles. The quantitative estimate of drug-likeness (QED) is 0.563. The maximum Gasteiger partial charge on any atom is 0.308 e. The molecule has 28 heavy (non-hydrogen) atoms. The largest absolute Gasteiger partial charge is 0.456 e. The summed E-state index contributed by atoms with van der Waals surface area (Å²) in [7, 11) is 0. The van der Waals surface area contributed by atoms with Gasteiger partial charge >= 0.3 is 5.97 Å². The van der Waals surface area contributed by atoms with Crippen LogP contribution in [0.25, 0.3) is 0 Å². The Bertz CT molecular complexity index is 740. The second-order valence-electron chi connectivity index (χ2n) is 7.14. The molecule has 0 radical (unpaired) electrons. The first-order chi connectivity index (χ1) is 13.5. The van der Waals surface area contributed by atoms with Crippen molar-refractivity contribution in [2.75, 3.05) is 13.2 Å². The van der Waals surface area contributed by atoms with Crippen LogP contribution in [0.4, 0.5) is 4.39 Å². The molecule has 0 bridgehead atoms. The maximum atomic E-state index is 12.8. The number of imide groups is 1. The first-order valence-electron chi connectivity index (χ1n) is 9.47. The van der Waals surface area contributed by atoms with Gasteiger partial charge in [0, 0.05) is 13.1 Å². The number of halogens is 1. The number of benzene rings is 1. The van der Waals surface area contributed by atoms with Crippen molar-refractivity contribution in [1.29, 1.82) is 0 Å². The van der Waals surface area contributed by atoms with Crippen LogP contribution in [-0.4, -0.2) is 41.7 Å². The number of carbonyl (C=O) groups is 4. The van der Waals surface area contributed by atoms with Crippen LogP contribution in [-0.2, 0) is 30.5 Å². The van der Waals surface area contributed by atoms with E-state index in [0.29, 0.717) is 5.56 Å². The lowest BCUT2D eigenvalue weighted by molar-refractivity contribution is -0.150. The van der Waals surface area contributed by atoms with Crippen LogP contribution in [0.15, 0.2) is 24.3 Å². The van der Waals surface area contributed by atoms with E-state index in [2.05, 4.69) is 5.32 Å². The van der Waals surface area contributed by atoms with Gasteiger partial charge in [-0.25, -0.2) is 4.39 Å². The Morgan fingerprint density at radius 1 is 1.07 bits per heavy atom. The molecule has 1 aliphatic heterocycles. The molecular weight excluding hydrogens is 367 g/mol. The molecule has 3 amide bonds. The first kappa shape index (κ1) is 20.0. The van der Waals surface area contributed by atoms with Gasteiger partial charge in [0.25, 0.3) is 5.91 Å². The van der Waals surface area contributed by atoms with Gasteiger partial charge in [-0.15, -0.1) is 0 Å². The van der Waals surface area contributed by atoms with E-state index in [1.807, 2.05) is 0 Å². The van der Waals surface area contributed by atoms with Gasteiger partial charge in [0.1, 0.15) is 5.82 Å². The number of ether oxygens (including phenoxy) is 1. The van der Waals surface area contributed by atoms with Crippen LogP contribution < -0.4 is 5.32 Å². The molecule has 0 spiro atoms. The molecule has 7 nitrogen and oxygen atoms in total. The molecule has 2 fully saturated rings. The number of esters is 1. The van der Waals surface area contributed by atoms with E-state index in [4.69, 9.17) is 4.74 Å². The van der Waals surface area contributed by atoms with Crippen molar-refractivity contribution in [2.24, 2.45) is 11.8 Å². The van der Waals surface area contributed by atoms with E-state index in [1.54, 1.807) is 12.1 Å². The lowest BCUT2D eigenvalue weighted by Crippen LogP contribution is -2.34. The summed E-state index contributed by atoms with van der Waals surface area (Å²) in [5.41, 5.74) is 0.716. The molecule has 8 heteroatoms. The summed E-state index contributed by atoms with van der Waals surface area (Å²) in [5, 5.41) is 2.56. The topological polar surface area (TPSA) is 92.8 Å². The number of hydrogen-bond donors (Lipinski definition) is 1. The third kappa shape index (κ3) is 4.74. The average Bonchev–Trinajstić information content (AvgIpc) is 2.95. The number of amides is 3. The lowest BCUT2D eigenvalue weighted by atomic mass is 9.81. The molecule has 2 atom stereocenters. The Kier molecular flexibility index (Phi) is 6.38. The Morgan fingerprint density at radius 2 is 1.68 bits per heavy atom. The van der Waals surface area contributed by atoms with E-state index < -0.39 is 18.5 Å². The molecule has 0 unspecified atom stereocenters. The number of nitrogens with one attached hydrogen (secondary N) is 1. The van der Waals surface area contributed by atoms with E-state index in [0.717, 1.165) is 30.6 Å². The number of nitrogens with zero attached hydrogens (tertiary/aromatic N) is 1. The van der Waals surface area contributed by atoms with Crippen LogP contribution in [0.1, 0.15) is 37.7 Å². The Labute approximate surface area is 162 Å². The van der Waals surface area contributed by atoms with Crippen LogP contribution in [0, 0.1) is 17.7 Å². The van der Waals surface area contributed by atoms with Crippen molar-refractivity contribution < 1.29 is 28.3 Å². The van der Waals surface area contributed by atoms with Crippen molar-refractivity contribution in [2.45, 2.75) is 38.6 Å². The maximum absolute atomic E-state index is 12.8. The lowest BCUT2D eigenvalue weighted by Gasteiger charge is -2.19. The van der Waals surface area contributed by atoms with E-state index in [9.17, 15) is 23.6 Å². The molecular formula is C20H23FN2O5. The molecule has 150 valence electrons. The highest BCUT2D eigenvalue weighted by molar-refractivity contribution is 6.05. The van der Waals surface area contributed by atoms with Gasteiger partial charge in [-0.3, -0.25) is 24.1 Å². The Hall–Kier alpha value is -2.77. The highest BCUT2D eigenvalue weighted by atomic mass is 19.1. The minimum atomic E-state index is -0.646. The van der Waals surface area contributed by atoms with Gasteiger partial charge in [0.15, 0.2) is 6.61 Å². The zero-order chi connectivity index (χ0) is 20.1. The zero-order valence-electron chi connectivity index (χ0n) is 15.5. The van der Waals surface area contributed by atoms with E-state index in [-0.39, 0.29) is 49.0 Å². The van der Waals surface area contributed by atoms with Crippen LogP contribution in [0.5, 0.6) is 0 Å². The highest BCUT2D eigenvalue weighted by Crippen LogP contribution is 2.37. The fourth-order valence-corrected chi connectivity index (χ4v) is 3.73. The van der Waals surface area contributed by atoms with Gasteiger partial charge in [-0.05, 0) is 30.5 Å². The summed E-state index contributed by atoms with van der Waals surface area (Å²) < 4.78 is 17.7. The van der Waals surface area contributed by atoms with Gasteiger partial charge < -0.3 is 10.1 Å². The van der Waals surface area contributed by atoms with Crippen LogP contribution >= 0.6 is 0 Å². The minimum Gasteiger partial charge on any atom is -0.456 e. The normalized spacial score (nSPS) is 21.4. The molecule has 1 aromatic carbocycles. The molecule has 2 aliphatic rings.